The van der Waals surface area contributed by atoms with Crippen LogP contribution in [0.4, 0.5) is 0 Å². The summed E-state index contributed by atoms with van der Waals surface area (Å²) in [7, 11) is 0. The van der Waals surface area contributed by atoms with Gasteiger partial charge in [0.2, 0.25) is 0 Å². The normalized spacial score (nSPS) is 35.9. The van der Waals surface area contributed by atoms with Crippen molar-refractivity contribution >= 4 is 5.97 Å². The minimum Gasteiger partial charge on any atom is -0.480 e. The van der Waals surface area contributed by atoms with E-state index in [9.17, 15) is 9.90 Å². The van der Waals surface area contributed by atoms with Gasteiger partial charge < -0.3 is 5.11 Å². The Hall–Kier alpha value is -0.570. The minimum atomic E-state index is -0.657. The van der Waals surface area contributed by atoms with E-state index in [1.807, 2.05) is 0 Å². The highest BCUT2D eigenvalue weighted by Crippen LogP contribution is 2.45. The van der Waals surface area contributed by atoms with Crippen molar-refractivity contribution in [3.63, 3.8) is 0 Å². The van der Waals surface area contributed by atoms with Gasteiger partial charge in [-0.2, -0.15) is 0 Å². The Bertz CT molecular complexity index is 258. The molecule has 0 aromatic carbocycles. The van der Waals surface area contributed by atoms with Crippen molar-refractivity contribution < 1.29 is 9.90 Å². The van der Waals surface area contributed by atoms with Crippen LogP contribution in [0.1, 0.15) is 46.0 Å². The summed E-state index contributed by atoms with van der Waals surface area (Å²) in [4.78, 5) is 11.3. The molecule has 2 rings (SSSR count). The molecule has 0 heterocycles. The topological polar surface area (TPSA) is 49.3 Å². The lowest BCUT2D eigenvalue weighted by molar-refractivity contribution is -0.145. The molecular formula is C11H19NO2. The molecule has 0 radical (unpaired) electrons. The molecular weight excluding hydrogens is 178 g/mol. The molecule has 0 aliphatic heterocycles. The second-order valence-corrected chi connectivity index (χ2v) is 5.65. The second kappa shape index (κ2) is 2.96. The largest absolute Gasteiger partial charge is 0.480 e. The molecule has 80 valence electrons. The fraction of sp³-hybridized carbons (Fsp3) is 0.909. The van der Waals surface area contributed by atoms with Crippen molar-refractivity contribution in [1.82, 2.24) is 5.32 Å². The molecule has 2 aliphatic carbocycles. The maximum Gasteiger partial charge on any atom is 0.323 e. The third-order valence-electron chi connectivity index (χ3n) is 3.48. The van der Waals surface area contributed by atoms with E-state index in [2.05, 4.69) is 19.2 Å². The molecule has 1 atom stereocenters. The first-order valence-corrected chi connectivity index (χ1v) is 5.45. The standard InChI is InChI=1S/C11H19NO2/c1-10(2)5-6-11(7-10,9(13)14)12-8-3-4-8/h8,12H,3-7H2,1-2H3,(H,13,14). The third-order valence-corrected chi connectivity index (χ3v) is 3.48. The molecule has 3 heteroatoms. The van der Waals surface area contributed by atoms with E-state index in [4.69, 9.17) is 0 Å². The van der Waals surface area contributed by atoms with Crippen molar-refractivity contribution in [2.75, 3.05) is 0 Å². The molecule has 0 bridgehead atoms. The highest BCUT2D eigenvalue weighted by atomic mass is 16.4. The first kappa shape index (κ1) is 9.97. The van der Waals surface area contributed by atoms with Gasteiger partial charge in [0.05, 0.1) is 0 Å². The summed E-state index contributed by atoms with van der Waals surface area (Å²) in [5.74, 6) is -0.657. The van der Waals surface area contributed by atoms with Crippen LogP contribution in [0.5, 0.6) is 0 Å². The Morgan fingerprint density at radius 3 is 2.36 bits per heavy atom. The summed E-state index contributed by atoms with van der Waals surface area (Å²) >= 11 is 0. The monoisotopic (exact) mass is 197 g/mol. The summed E-state index contributed by atoms with van der Waals surface area (Å²) in [5, 5.41) is 12.6. The van der Waals surface area contributed by atoms with E-state index in [-0.39, 0.29) is 5.41 Å². The minimum absolute atomic E-state index is 0.181. The molecule has 0 amide bonds. The highest BCUT2D eigenvalue weighted by molar-refractivity contribution is 5.79. The summed E-state index contributed by atoms with van der Waals surface area (Å²) in [6, 6.07) is 0.472. The summed E-state index contributed by atoms with van der Waals surface area (Å²) < 4.78 is 0. The van der Waals surface area contributed by atoms with Crippen LogP contribution in [-0.4, -0.2) is 22.7 Å². The van der Waals surface area contributed by atoms with Gasteiger partial charge >= 0.3 is 5.97 Å². The van der Waals surface area contributed by atoms with Crippen LogP contribution in [0, 0.1) is 5.41 Å². The van der Waals surface area contributed by atoms with Gasteiger partial charge in [0.15, 0.2) is 0 Å². The number of hydrogen-bond acceptors (Lipinski definition) is 2. The van der Waals surface area contributed by atoms with Gasteiger partial charge in [-0.1, -0.05) is 13.8 Å². The molecule has 3 nitrogen and oxygen atoms in total. The number of aliphatic carboxylic acids is 1. The summed E-state index contributed by atoms with van der Waals surface area (Å²) in [6.07, 6.45) is 4.86. The number of carboxylic acid groups (broad SMARTS) is 1. The molecule has 2 N–H and O–H groups in total. The number of nitrogens with one attached hydrogen (secondary N) is 1. The zero-order valence-corrected chi connectivity index (χ0v) is 8.97. The number of carbonyl (C=O) groups is 1. The summed E-state index contributed by atoms with van der Waals surface area (Å²) in [6.45, 7) is 4.32. The van der Waals surface area contributed by atoms with E-state index >= 15 is 0 Å². The zero-order chi connectivity index (χ0) is 10.4. The zero-order valence-electron chi connectivity index (χ0n) is 8.97. The van der Waals surface area contributed by atoms with Crippen LogP contribution in [0.15, 0.2) is 0 Å². The van der Waals surface area contributed by atoms with Crippen LogP contribution in [0.3, 0.4) is 0 Å². The quantitative estimate of drug-likeness (QED) is 0.725. The van der Waals surface area contributed by atoms with Gasteiger partial charge in [-0.05, 0) is 37.5 Å². The van der Waals surface area contributed by atoms with E-state index < -0.39 is 11.5 Å². The number of hydrogen-bond donors (Lipinski definition) is 2. The Morgan fingerprint density at radius 2 is 2.00 bits per heavy atom. The lowest BCUT2D eigenvalue weighted by Gasteiger charge is -2.27. The lowest BCUT2D eigenvalue weighted by atomic mass is 9.87. The predicted octanol–water partition coefficient (Wildman–Crippen LogP) is 1.77. The van der Waals surface area contributed by atoms with Crippen molar-refractivity contribution in [2.45, 2.75) is 57.5 Å². The summed E-state index contributed by atoms with van der Waals surface area (Å²) in [5.41, 5.74) is -0.440. The van der Waals surface area contributed by atoms with Gasteiger partial charge in [-0.3, -0.25) is 10.1 Å². The van der Waals surface area contributed by atoms with Crippen LogP contribution in [-0.2, 0) is 4.79 Å². The SMILES string of the molecule is CC1(C)CCC(NC2CC2)(C(=O)O)C1. The lowest BCUT2D eigenvalue weighted by Crippen LogP contribution is -2.51. The molecule has 1 unspecified atom stereocenters. The molecule has 2 aliphatic rings. The maximum absolute atomic E-state index is 11.3. The first-order chi connectivity index (χ1) is 6.44. The third kappa shape index (κ3) is 1.78. The molecule has 14 heavy (non-hydrogen) atoms. The number of rotatable bonds is 3. The predicted molar refractivity (Wildman–Crippen MR) is 54.2 cm³/mol. The van der Waals surface area contributed by atoms with Crippen LogP contribution in [0.25, 0.3) is 0 Å². The molecule has 2 saturated carbocycles. The van der Waals surface area contributed by atoms with E-state index in [1.54, 1.807) is 0 Å². The molecule has 0 spiro atoms. The van der Waals surface area contributed by atoms with Crippen LogP contribution in [0.2, 0.25) is 0 Å². The van der Waals surface area contributed by atoms with Crippen molar-refractivity contribution in [1.29, 1.82) is 0 Å². The molecule has 0 saturated heterocycles. The van der Waals surface area contributed by atoms with Crippen molar-refractivity contribution in [2.24, 2.45) is 5.41 Å². The van der Waals surface area contributed by atoms with Gasteiger partial charge in [0.25, 0.3) is 0 Å². The van der Waals surface area contributed by atoms with Gasteiger partial charge in [0, 0.05) is 6.04 Å². The van der Waals surface area contributed by atoms with Crippen LogP contribution < -0.4 is 5.32 Å². The Labute approximate surface area is 84.9 Å². The maximum atomic E-state index is 11.3. The Morgan fingerprint density at radius 1 is 1.36 bits per heavy atom. The molecule has 2 fully saturated rings. The average molecular weight is 197 g/mol. The van der Waals surface area contributed by atoms with Crippen molar-refractivity contribution in [3.05, 3.63) is 0 Å². The van der Waals surface area contributed by atoms with Gasteiger partial charge in [-0.15, -0.1) is 0 Å². The smallest absolute Gasteiger partial charge is 0.323 e. The fourth-order valence-corrected chi connectivity index (χ4v) is 2.53. The van der Waals surface area contributed by atoms with Crippen LogP contribution >= 0.6 is 0 Å². The number of carboxylic acids is 1. The Balaban J connectivity index is 2.11. The van der Waals surface area contributed by atoms with E-state index in [1.165, 1.54) is 0 Å². The van der Waals surface area contributed by atoms with Crippen molar-refractivity contribution in [3.8, 4) is 0 Å². The van der Waals surface area contributed by atoms with E-state index in [0.717, 1.165) is 32.1 Å². The van der Waals surface area contributed by atoms with E-state index in [0.29, 0.717) is 6.04 Å². The average Bonchev–Trinajstić information content (AvgIpc) is 2.78. The van der Waals surface area contributed by atoms with Gasteiger partial charge in [0.1, 0.15) is 5.54 Å². The fourth-order valence-electron chi connectivity index (χ4n) is 2.53. The molecule has 0 aromatic rings. The second-order valence-electron chi connectivity index (χ2n) is 5.65. The molecule has 0 aromatic heterocycles. The van der Waals surface area contributed by atoms with Gasteiger partial charge in [-0.25, -0.2) is 0 Å². The highest BCUT2D eigenvalue weighted by Gasteiger charge is 2.50. The Kier molecular flexibility index (Phi) is 2.11. The first-order valence-electron chi connectivity index (χ1n) is 5.45.